The second kappa shape index (κ2) is 5.77. The van der Waals surface area contributed by atoms with Gasteiger partial charge < -0.3 is 10.4 Å². The van der Waals surface area contributed by atoms with Crippen LogP contribution in [0.1, 0.15) is 25.1 Å². The number of hydrogen-bond acceptors (Lipinski definition) is 4. The van der Waals surface area contributed by atoms with Gasteiger partial charge in [-0.2, -0.15) is 0 Å². The number of aliphatic carboxylic acids is 1. The number of nitrogens with one attached hydrogen (secondary N) is 1. The maximum atomic E-state index is 13.1. The van der Waals surface area contributed by atoms with Gasteiger partial charge in [0.05, 0.1) is 5.69 Å². The van der Waals surface area contributed by atoms with Gasteiger partial charge in [0.1, 0.15) is 5.41 Å². The van der Waals surface area contributed by atoms with E-state index >= 15 is 0 Å². The highest BCUT2D eigenvalue weighted by atomic mass is 32.1. The smallest absolute Gasteiger partial charge is 0.315 e. The number of benzene rings is 1. The van der Waals surface area contributed by atoms with Crippen LogP contribution in [-0.4, -0.2) is 16.1 Å². The molecule has 0 aliphatic carbocycles. The molecule has 0 saturated carbocycles. The topological polar surface area (TPSA) is 62.2 Å². The fraction of sp³-hybridized carbons (Fsp3) is 0.286. The van der Waals surface area contributed by atoms with Crippen molar-refractivity contribution in [3.63, 3.8) is 0 Å². The summed E-state index contributed by atoms with van der Waals surface area (Å²) in [7, 11) is 0. The molecule has 0 aliphatic rings. The normalized spacial score (nSPS) is 11.4. The Morgan fingerprint density at radius 2 is 2.10 bits per heavy atom. The average Bonchev–Trinajstić information content (AvgIpc) is 2.89. The standard InChI is InChI=1S/C14H14F2N2O2S/c1-14(2,12(19)20)11-7-21-13(18-11)17-6-8-3-4-9(15)10(16)5-8/h3-5,7H,6H2,1-2H3,(H,17,18)(H,19,20). The van der Waals surface area contributed by atoms with E-state index < -0.39 is 23.0 Å². The van der Waals surface area contributed by atoms with Crippen LogP contribution in [0.3, 0.4) is 0 Å². The molecule has 0 spiro atoms. The highest BCUT2D eigenvalue weighted by Crippen LogP contribution is 2.27. The van der Waals surface area contributed by atoms with Crippen LogP contribution in [0.4, 0.5) is 13.9 Å². The fourth-order valence-corrected chi connectivity index (χ4v) is 2.46. The Kier molecular flexibility index (Phi) is 4.22. The Labute approximate surface area is 124 Å². The first kappa shape index (κ1) is 15.4. The molecule has 7 heteroatoms. The highest BCUT2D eigenvalue weighted by Gasteiger charge is 2.32. The van der Waals surface area contributed by atoms with Gasteiger partial charge in [0.15, 0.2) is 16.8 Å². The average molecular weight is 312 g/mol. The number of halogens is 2. The lowest BCUT2D eigenvalue weighted by Crippen LogP contribution is -2.28. The van der Waals surface area contributed by atoms with E-state index in [9.17, 15) is 13.6 Å². The van der Waals surface area contributed by atoms with Gasteiger partial charge in [-0.15, -0.1) is 11.3 Å². The van der Waals surface area contributed by atoms with Crippen molar-refractivity contribution in [3.8, 4) is 0 Å². The Hall–Kier alpha value is -2.02. The van der Waals surface area contributed by atoms with Crippen molar-refractivity contribution in [2.45, 2.75) is 25.8 Å². The van der Waals surface area contributed by atoms with Gasteiger partial charge in [-0.3, -0.25) is 4.79 Å². The fourth-order valence-electron chi connectivity index (χ4n) is 1.58. The first-order chi connectivity index (χ1) is 9.80. The zero-order valence-electron chi connectivity index (χ0n) is 11.5. The molecule has 0 amide bonds. The number of aromatic nitrogens is 1. The molecule has 0 radical (unpaired) electrons. The largest absolute Gasteiger partial charge is 0.481 e. The van der Waals surface area contributed by atoms with Gasteiger partial charge in [-0.1, -0.05) is 6.07 Å². The van der Waals surface area contributed by atoms with Gasteiger partial charge in [0.2, 0.25) is 0 Å². The molecule has 0 atom stereocenters. The van der Waals surface area contributed by atoms with Crippen LogP contribution in [0.2, 0.25) is 0 Å². The van der Waals surface area contributed by atoms with Gasteiger partial charge in [0.25, 0.3) is 0 Å². The maximum Gasteiger partial charge on any atom is 0.315 e. The Morgan fingerprint density at radius 1 is 1.38 bits per heavy atom. The second-order valence-corrected chi connectivity index (χ2v) is 5.93. The minimum absolute atomic E-state index is 0.275. The zero-order chi connectivity index (χ0) is 15.6. The van der Waals surface area contributed by atoms with Crippen molar-refractivity contribution >= 4 is 22.4 Å². The molecule has 0 unspecified atom stereocenters. The van der Waals surface area contributed by atoms with E-state index in [-0.39, 0.29) is 6.54 Å². The molecule has 21 heavy (non-hydrogen) atoms. The molecular weight excluding hydrogens is 298 g/mol. The number of carboxylic acids is 1. The van der Waals surface area contributed by atoms with E-state index in [4.69, 9.17) is 5.11 Å². The minimum Gasteiger partial charge on any atom is -0.481 e. The number of carbonyl (C=O) groups is 1. The van der Waals surface area contributed by atoms with E-state index in [1.807, 2.05) is 0 Å². The van der Waals surface area contributed by atoms with E-state index in [0.717, 1.165) is 12.1 Å². The molecule has 0 fully saturated rings. The number of carboxylic acid groups (broad SMARTS) is 1. The molecule has 0 aliphatic heterocycles. The first-order valence-electron chi connectivity index (χ1n) is 6.18. The van der Waals surface area contributed by atoms with Crippen molar-refractivity contribution in [2.24, 2.45) is 0 Å². The van der Waals surface area contributed by atoms with Crippen LogP contribution in [0.15, 0.2) is 23.6 Å². The number of nitrogens with zero attached hydrogens (tertiary/aromatic N) is 1. The molecule has 1 heterocycles. The predicted molar refractivity (Wildman–Crippen MR) is 76.5 cm³/mol. The van der Waals surface area contributed by atoms with Gasteiger partial charge in [0, 0.05) is 11.9 Å². The van der Waals surface area contributed by atoms with Crippen LogP contribution in [-0.2, 0) is 16.8 Å². The van der Waals surface area contributed by atoms with Crippen LogP contribution >= 0.6 is 11.3 Å². The van der Waals surface area contributed by atoms with Crippen molar-refractivity contribution in [1.29, 1.82) is 0 Å². The summed E-state index contributed by atoms with van der Waals surface area (Å²) in [6.45, 7) is 3.42. The summed E-state index contributed by atoms with van der Waals surface area (Å²) in [6.07, 6.45) is 0. The van der Waals surface area contributed by atoms with E-state index in [0.29, 0.717) is 16.4 Å². The number of rotatable bonds is 5. The van der Waals surface area contributed by atoms with Crippen LogP contribution in [0.25, 0.3) is 0 Å². The molecule has 112 valence electrons. The van der Waals surface area contributed by atoms with E-state index in [1.54, 1.807) is 19.2 Å². The Balaban J connectivity index is 2.06. The molecule has 1 aromatic carbocycles. The summed E-state index contributed by atoms with van der Waals surface area (Å²) >= 11 is 1.27. The zero-order valence-corrected chi connectivity index (χ0v) is 12.3. The molecule has 0 bridgehead atoms. The van der Waals surface area contributed by atoms with Crippen LogP contribution in [0.5, 0.6) is 0 Å². The number of thiazole rings is 1. The quantitative estimate of drug-likeness (QED) is 0.888. The van der Waals surface area contributed by atoms with Crippen molar-refractivity contribution < 1.29 is 18.7 Å². The first-order valence-corrected chi connectivity index (χ1v) is 7.06. The third kappa shape index (κ3) is 3.36. The summed E-state index contributed by atoms with van der Waals surface area (Å²) in [5, 5.41) is 14.3. The lowest BCUT2D eigenvalue weighted by Gasteiger charge is -2.15. The molecule has 2 aromatic rings. The molecular formula is C14H14F2N2O2S. The van der Waals surface area contributed by atoms with Gasteiger partial charge in [-0.05, 0) is 31.5 Å². The summed E-state index contributed by atoms with van der Waals surface area (Å²) < 4.78 is 25.9. The predicted octanol–water partition coefficient (Wildman–Crippen LogP) is 3.40. The Bertz CT molecular complexity index is 671. The molecule has 0 saturated heterocycles. The molecule has 4 nitrogen and oxygen atoms in total. The third-order valence-electron chi connectivity index (χ3n) is 3.11. The second-order valence-electron chi connectivity index (χ2n) is 5.07. The van der Waals surface area contributed by atoms with Crippen LogP contribution in [0, 0.1) is 11.6 Å². The summed E-state index contributed by atoms with van der Waals surface area (Å²) in [6, 6.07) is 3.65. The summed E-state index contributed by atoms with van der Waals surface area (Å²) in [5.41, 5.74) is -0.0470. The lowest BCUT2D eigenvalue weighted by atomic mass is 9.90. The monoisotopic (exact) mass is 312 g/mol. The Morgan fingerprint density at radius 3 is 2.71 bits per heavy atom. The van der Waals surface area contributed by atoms with Crippen molar-refractivity contribution in [2.75, 3.05) is 5.32 Å². The molecule has 2 N–H and O–H groups in total. The van der Waals surface area contributed by atoms with Gasteiger partial charge in [-0.25, -0.2) is 13.8 Å². The summed E-state index contributed by atoms with van der Waals surface area (Å²) in [4.78, 5) is 15.4. The highest BCUT2D eigenvalue weighted by molar-refractivity contribution is 7.13. The van der Waals surface area contributed by atoms with Gasteiger partial charge >= 0.3 is 5.97 Å². The van der Waals surface area contributed by atoms with E-state index in [1.165, 1.54) is 17.4 Å². The van der Waals surface area contributed by atoms with Crippen molar-refractivity contribution in [3.05, 3.63) is 46.5 Å². The SMILES string of the molecule is CC(C)(C(=O)O)c1csc(NCc2ccc(F)c(F)c2)n1. The summed E-state index contributed by atoms with van der Waals surface area (Å²) in [5.74, 6) is -2.75. The minimum atomic E-state index is -1.07. The lowest BCUT2D eigenvalue weighted by molar-refractivity contribution is -0.142. The van der Waals surface area contributed by atoms with Crippen LogP contribution < -0.4 is 5.32 Å². The molecule has 2 rings (SSSR count). The number of anilines is 1. The van der Waals surface area contributed by atoms with Crippen molar-refractivity contribution in [1.82, 2.24) is 4.98 Å². The number of hydrogen-bond donors (Lipinski definition) is 2. The maximum absolute atomic E-state index is 13.1. The van der Waals surface area contributed by atoms with E-state index in [2.05, 4.69) is 10.3 Å². The molecule has 1 aromatic heterocycles. The third-order valence-corrected chi connectivity index (χ3v) is 3.91.